The molecule has 0 bridgehead atoms. The molecule has 20 heavy (non-hydrogen) atoms. The van der Waals surface area contributed by atoms with Crippen LogP contribution in [-0.2, 0) is 11.2 Å². The van der Waals surface area contributed by atoms with E-state index < -0.39 is 5.97 Å². The molecule has 1 aromatic rings. The summed E-state index contributed by atoms with van der Waals surface area (Å²) in [5.74, 6) is -0.943. The fourth-order valence-electron chi connectivity index (χ4n) is 2.79. The average molecular weight is 275 g/mol. The highest BCUT2D eigenvalue weighted by atomic mass is 16.4. The Kier molecular flexibility index (Phi) is 4.12. The van der Waals surface area contributed by atoms with Crippen molar-refractivity contribution in [3.63, 3.8) is 0 Å². The highest BCUT2D eigenvalue weighted by Crippen LogP contribution is 2.37. The lowest BCUT2D eigenvalue weighted by molar-refractivity contribution is -0.121. The van der Waals surface area contributed by atoms with Gasteiger partial charge in [0.05, 0.1) is 12.0 Å². The second-order valence-electron chi connectivity index (χ2n) is 6.18. The summed E-state index contributed by atoms with van der Waals surface area (Å²) in [6.07, 6.45) is 3.64. The molecule has 1 saturated carbocycles. The highest BCUT2D eigenvalue weighted by molar-refractivity contribution is 5.87. The van der Waals surface area contributed by atoms with Gasteiger partial charge in [-0.15, -0.1) is 0 Å². The minimum Gasteiger partial charge on any atom is -0.478 e. The van der Waals surface area contributed by atoms with Gasteiger partial charge in [0.2, 0.25) is 5.91 Å². The van der Waals surface area contributed by atoms with Gasteiger partial charge in [-0.25, -0.2) is 4.79 Å². The van der Waals surface area contributed by atoms with Crippen molar-refractivity contribution in [2.24, 2.45) is 5.41 Å². The zero-order valence-electron chi connectivity index (χ0n) is 12.0. The fraction of sp³-hybridized carbons (Fsp3) is 0.500. The number of nitrogens with one attached hydrogen (secondary N) is 1. The van der Waals surface area contributed by atoms with E-state index in [0.29, 0.717) is 6.42 Å². The Morgan fingerprint density at radius 1 is 1.30 bits per heavy atom. The van der Waals surface area contributed by atoms with E-state index in [4.69, 9.17) is 5.11 Å². The molecule has 1 fully saturated rings. The molecular weight excluding hydrogens is 254 g/mol. The SMILES string of the molecule is CC1(C)CCCC1NC(=O)Cc1ccc(C(=O)O)cc1. The minimum atomic E-state index is -0.950. The third-order valence-electron chi connectivity index (χ3n) is 4.16. The van der Waals surface area contributed by atoms with Gasteiger partial charge >= 0.3 is 5.97 Å². The van der Waals surface area contributed by atoms with Gasteiger partial charge in [0.25, 0.3) is 0 Å². The van der Waals surface area contributed by atoms with E-state index in [-0.39, 0.29) is 22.9 Å². The predicted molar refractivity (Wildman–Crippen MR) is 76.7 cm³/mol. The normalized spacial score (nSPS) is 20.6. The first-order valence-electron chi connectivity index (χ1n) is 7.00. The van der Waals surface area contributed by atoms with Crippen LogP contribution in [0.2, 0.25) is 0 Å². The molecule has 4 heteroatoms. The highest BCUT2D eigenvalue weighted by Gasteiger charge is 2.35. The summed E-state index contributed by atoms with van der Waals surface area (Å²) in [4.78, 5) is 22.8. The second-order valence-corrected chi connectivity index (χ2v) is 6.18. The Morgan fingerprint density at radius 2 is 1.95 bits per heavy atom. The van der Waals surface area contributed by atoms with Crippen molar-refractivity contribution in [1.82, 2.24) is 5.32 Å². The maximum atomic E-state index is 12.0. The summed E-state index contributed by atoms with van der Waals surface area (Å²) >= 11 is 0. The smallest absolute Gasteiger partial charge is 0.335 e. The van der Waals surface area contributed by atoms with E-state index in [9.17, 15) is 9.59 Å². The van der Waals surface area contributed by atoms with E-state index in [1.165, 1.54) is 12.1 Å². The van der Waals surface area contributed by atoms with E-state index in [1.807, 2.05) is 0 Å². The van der Waals surface area contributed by atoms with Crippen LogP contribution < -0.4 is 5.32 Å². The van der Waals surface area contributed by atoms with Crippen molar-refractivity contribution in [3.05, 3.63) is 35.4 Å². The first-order valence-corrected chi connectivity index (χ1v) is 7.00. The molecule has 2 N–H and O–H groups in total. The molecule has 0 saturated heterocycles. The Hall–Kier alpha value is -1.84. The van der Waals surface area contributed by atoms with Crippen LogP contribution in [0.5, 0.6) is 0 Å². The van der Waals surface area contributed by atoms with Crippen molar-refractivity contribution < 1.29 is 14.7 Å². The summed E-state index contributed by atoms with van der Waals surface area (Å²) in [7, 11) is 0. The van der Waals surface area contributed by atoms with Gasteiger partial charge in [0.15, 0.2) is 0 Å². The monoisotopic (exact) mass is 275 g/mol. The number of amides is 1. The number of carbonyl (C=O) groups excluding carboxylic acids is 1. The van der Waals surface area contributed by atoms with Crippen molar-refractivity contribution >= 4 is 11.9 Å². The van der Waals surface area contributed by atoms with Gasteiger partial charge in [0, 0.05) is 6.04 Å². The van der Waals surface area contributed by atoms with Crippen molar-refractivity contribution in [2.45, 2.75) is 45.6 Å². The summed E-state index contributed by atoms with van der Waals surface area (Å²) in [5.41, 5.74) is 1.25. The quantitative estimate of drug-likeness (QED) is 0.887. The van der Waals surface area contributed by atoms with Crippen LogP contribution in [0, 0.1) is 5.41 Å². The van der Waals surface area contributed by atoms with Gasteiger partial charge in [-0.1, -0.05) is 32.4 Å². The molecule has 1 unspecified atom stereocenters. The van der Waals surface area contributed by atoms with Gasteiger partial charge in [0.1, 0.15) is 0 Å². The Morgan fingerprint density at radius 3 is 2.45 bits per heavy atom. The molecule has 2 rings (SSSR count). The average Bonchev–Trinajstić information content (AvgIpc) is 2.69. The number of carboxylic acids is 1. The number of hydrogen-bond donors (Lipinski definition) is 2. The molecule has 1 aromatic carbocycles. The number of carbonyl (C=O) groups is 2. The molecule has 0 spiro atoms. The lowest BCUT2D eigenvalue weighted by atomic mass is 9.87. The number of rotatable bonds is 4. The first-order chi connectivity index (χ1) is 9.38. The molecule has 1 aliphatic rings. The van der Waals surface area contributed by atoms with Gasteiger partial charge < -0.3 is 10.4 Å². The number of hydrogen-bond acceptors (Lipinski definition) is 2. The summed E-state index contributed by atoms with van der Waals surface area (Å²) in [6, 6.07) is 6.70. The molecule has 0 heterocycles. The van der Waals surface area contributed by atoms with Crippen LogP contribution in [-0.4, -0.2) is 23.0 Å². The minimum absolute atomic E-state index is 0.00745. The Balaban J connectivity index is 1.93. The molecule has 1 atom stereocenters. The van der Waals surface area contributed by atoms with Crippen LogP contribution in [0.4, 0.5) is 0 Å². The lowest BCUT2D eigenvalue weighted by Crippen LogP contribution is -2.42. The molecule has 0 aromatic heterocycles. The maximum absolute atomic E-state index is 12.0. The largest absolute Gasteiger partial charge is 0.478 e. The molecule has 0 aliphatic heterocycles. The fourth-order valence-corrected chi connectivity index (χ4v) is 2.79. The molecule has 1 amide bonds. The molecule has 4 nitrogen and oxygen atoms in total. The standard InChI is InChI=1S/C16H21NO3/c1-16(2)9-3-4-13(16)17-14(18)10-11-5-7-12(8-6-11)15(19)20/h5-8,13H,3-4,9-10H2,1-2H3,(H,17,18)(H,19,20). The van der Waals surface area contributed by atoms with Crippen LogP contribution in [0.1, 0.15) is 49.0 Å². The van der Waals surface area contributed by atoms with E-state index in [0.717, 1.165) is 24.8 Å². The van der Waals surface area contributed by atoms with Crippen molar-refractivity contribution in [2.75, 3.05) is 0 Å². The van der Waals surface area contributed by atoms with Crippen LogP contribution >= 0.6 is 0 Å². The van der Waals surface area contributed by atoms with Crippen LogP contribution in [0.15, 0.2) is 24.3 Å². The third-order valence-corrected chi connectivity index (χ3v) is 4.16. The molecule has 1 aliphatic carbocycles. The first kappa shape index (κ1) is 14.6. The number of carboxylic acid groups (broad SMARTS) is 1. The zero-order chi connectivity index (χ0) is 14.8. The van der Waals surface area contributed by atoms with E-state index >= 15 is 0 Å². The Labute approximate surface area is 119 Å². The predicted octanol–water partition coefficient (Wildman–Crippen LogP) is 2.62. The van der Waals surface area contributed by atoms with E-state index in [2.05, 4.69) is 19.2 Å². The molecule has 108 valence electrons. The topological polar surface area (TPSA) is 66.4 Å². The van der Waals surface area contributed by atoms with E-state index in [1.54, 1.807) is 12.1 Å². The van der Waals surface area contributed by atoms with Crippen molar-refractivity contribution in [1.29, 1.82) is 0 Å². The second kappa shape index (κ2) is 5.65. The van der Waals surface area contributed by atoms with Crippen LogP contribution in [0.3, 0.4) is 0 Å². The maximum Gasteiger partial charge on any atom is 0.335 e. The zero-order valence-corrected chi connectivity index (χ0v) is 12.0. The van der Waals surface area contributed by atoms with Gasteiger partial charge in [-0.05, 0) is 36.0 Å². The summed E-state index contributed by atoms with van der Waals surface area (Å²) < 4.78 is 0. The lowest BCUT2D eigenvalue weighted by Gasteiger charge is -2.27. The molecular formula is C16H21NO3. The molecule has 0 radical (unpaired) electrons. The van der Waals surface area contributed by atoms with Crippen molar-refractivity contribution in [3.8, 4) is 0 Å². The third kappa shape index (κ3) is 3.38. The Bertz CT molecular complexity index is 505. The summed E-state index contributed by atoms with van der Waals surface area (Å²) in [5, 5.41) is 11.9. The number of aromatic carboxylic acids is 1. The number of benzene rings is 1. The van der Waals surface area contributed by atoms with Gasteiger partial charge in [-0.3, -0.25) is 4.79 Å². The summed E-state index contributed by atoms with van der Waals surface area (Å²) in [6.45, 7) is 4.37. The van der Waals surface area contributed by atoms with Crippen LogP contribution in [0.25, 0.3) is 0 Å². The van der Waals surface area contributed by atoms with Gasteiger partial charge in [-0.2, -0.15) is 0 Å².